The number of pyridine rings is 1. The SMILES string of the molecule is CC(C)c1ccnc(C2CCOCC2)c1N. The van der Waals surface area contributed by atoms with E-state index >= 15 is 0 Å². The molecule has 1 aliphatic rings. The molecule has 2 N–H and O–H groups in total. The van der Waals surface area contributed by atoms with Crippen molar-refractivity contribution in [2.24, 2.45) is 0 Å². The summed E-state index contributed by atoms with van der Waals surface area (Å²) in [6.07, 6.45) is 3.97. The largest absolute Gasteiger partial charge is 0.397 e. The number of aromatic nitrogens is 1. The minimum Gasteiger partial charge on any atom is -0.397 e. The molecule has 0 aromatic carbocycles. The number of nitrogen functional groups attached to an aromatic ring is 1. The van der Waals surface area contributed by atoms with Crippen molar-refractivity contribution in [2.45, 2.75) is 38.5 Å². The van der Waals surface area contributed by atoms with Gasteiger partial charge in [-0.3, -0.25) is 4.98 Å². The maximum absolute atomic E-state index is 6.21. The summed E-state index contributed by atoms with van der Waals surface area (Å²) < 4.78 is 5.37. The summed E-state index contributed by atoms with van der Waals surface area (Å²) in [5.74, 6) is 0.939. The third-order valence-electron chi connectivity index (χ3n) is 3.28. The second-order valence-corrected chi connectivity index (χ2v) is 4.74. The Kier molecular flexibility index (Phi) is 3.44. The van der Waals surface area contributed by atoms with Crippen LogP contribution in [-0.4, -0.2) is 18.2 Å². The highest BCUT2D eigenvalue weighted by atomic mass is 16.5. The molecule has 0 radical (unpaired) electrons. The standard InChI is InChI=1S/C13H20N2O/c1-9(2)11-3-6-15-13(12(11)14)10-4-7-16-8-5-10/h3,6,9-10H,4-5,7-8,14H2,1-2H3. The van der Waals surface area contributed by atoms with E-state index in [0.29, 0.717) is 11.8 Å². The van der Waals surface area contributed by atoms with Crippen LogP contribution >= 0.6 is 0 Å². The van der Waals surface area contributed by atoms with Crippen LogP contribution in [0, 0.1) is 0 Å². The molecule has 1 aromatic heterocycles. The van der Waals surface area contributed by atoms with Gasteiger partial charge in [0, 0.05) is 25.3 Å². The van der Waals surface area contributed by atoms with Gasteiger partial charge in [0.1, 0.15) is 0 Å². The van der Waals surface area contributed by atoms with E-state index in [0.717, 1.165) is 37.4 Å². The first kappa shape index (κ1) is 11.4. The molecule has 0 unspecified atom stereocenters. The lowest BCUT2D eigenvalue weighted by atomic mass is 9.91. The van der Waals surface area contributed by atoms with E-state index in [-0.39, 0.29) is 0 Å². The van der Waals surface area contributed by atoms with Crippen LogP contribution in [0.2, 0.25) is 0 Å². The fraction of sp³-hybridized carbons (Fsp3) is 0.615. The predicted octanol–water partition coefficient (Wildman–Crippen LogP) is 2.68. The molecule has 2 rings (SSSR count). The number of anilines is 1. The maximum atomic E-state index is 6.21. The van der Waals surface area contributed by atoms with Gasteiger partial charge in [-0.25, -0.2) is 0 Å². The lowest BCUT2D eigenvalue weighted by molar-refractivity contribution is 0.0846. The summed E-state index contributed by atoms with van der Waals surface area (Å²) in [7, 11) is 0. The Morgan fingerprint density at radius 1 is 1.38 bits per heavy atom. The summed E-state index contributed by atoms with van der Waals surface area (Å²) in [6, 6.07) is 2.03. The Balaban J connectivity index is 2.29. The Morgan fingerprint density at radius 3 is 2.69 bits per heavy atom. The van der Waals surface area contributed by atoms with Crippen LogP contribution in [0.3, 0.4) is 0 Å². The van der Waals surface area contributed by atoms with Crippen LogP contribution in [0.1, 0.15) is 49.8 Å². The molecule has 0 atom stereocenters. The zero-order valence-electron chi connectivity index (χ0n) is 10.1. The Hall–Kier alpha value is -1.09. The van der Waals surface area contributed by atoms with Gasteiger partial charge in [0.05, 0.1) is 11.4 Å². The normalized spacial score (nSPS) is 17.9. The summed E-state index contributed by atoms with van der Waals surface area (Å²) in [5, 5.41) is 0. The van der Waals surface area contributed by atoms with Gasteiger partial charge >= 0.3 is 0 Å². The molecule has 3 heteroatoms. The van der Waals surface area contributed by atoms with E-state index in [9.17, 15) is 0 Å². The molecular weight excluding hydrogens is 200 g/mol. The zero-order chi connectivity index (χ0) is 11.5. The van der Waals surface area contributed by atoms with Crippen molar-refractivity contribution in [2.75, 3.05) is 18.9 Å². The molecule has 88 valence electrons. The van der Waals surface area contributed by atoms with Gasteiger partial charge in [-0.15, -0.1) is 0 Å². The number of ether oxygens (including phenoxy) is 1. The summed E-state index contributed by atoms with van der Waals surface area (Å²) >= 11 is 0. The first-order chi connectivity index (χ1) is 7.70. The Labute approximate surface area is 97.0 Å². The molecule has 3 nitrogen and oxygen atoms in total. The molecule has 0 spiro atoms. The summed E-state index contributed by atoms with van der Waals surface area (Å²) in [5.41, 5.74) is 9.40. The van der Waals surface area contributed by atoms with E-state index in [2.05, 4.69) is 18.8 Å². The number of nitrogens with two attached hydrogens (primary N) is 1. The first-order valence-electron chi connectivity index (χ1n) is 6.02. The van der Waals surface area contributed by atoms with E-state index < -0.39 is 0 Å². The van der Waals surface area contributed by atoms with Crippen molar-refractivity contribution in [3.63, 3.8) is 0 Å². The van der Waals surface area contributed by atoms with Gasteiger partial charge in [0.25, 0.3) is 0 Å². The van der Waals surface area contributed by atoms with Gasteiger partial charge in [0.15, 0.2) is 0 Å². The molecule has 0 amide bonds. The molecule has 0 saturated carbocycles. The summed E-state index contributed by atoms with van der Waals surface area (Å²) in [6.45, 7) is 5.99. The van der Waals surface area contributed by atoms with Crippen LogP contribution in [0.15, 0.2) is 12.3 Å². The first-order valence-corrected chi connectivity index (χ1v) is 6.02. The smallest absolute Gasteiger partial charge is 0.0668 e. The van der Waals surface area contributed by atoms with Crippen LogP contribution < -0.4 is 5.73 Å². The molecule has 16 heavy (non-hydrogen) atoms. The predicted molar refractivity (Wildman–Crippen MR) is 65.5 cm³/mol. The third-order valence-corrected chi connectivity index (χ3v) is 3.28. The second kappa shape index (κ2) is 4.83. The van der Waals surface area contributed by atoms with Crippen LogP contribution in [-0.2, 0) is 4.74 Å². The maximum Gasteiger partial charge on any atom is 0.0668 e. The van der Waals surface area contributed by atoms with Crippen molar-refractivity contribution in [3.05, 3.63) is 23.5 Å². The van der Waals surface area contributed by atoms with E-state index in [1.165, 1.54) is 5.56 Å². The van der Waals surface area contributed by atoms with Crippen LogP contribution in [0.5, 0.6) is 0 Å². The average Bonchev–Trinajstić information content (AvgIpc) is 2.30. The number of hydrogen-bond acceptors (Lipinski definition) is 3. The molecular formula is C13H20N2O. The average molecular weight is 220 g/mol. The fourth-order valence-electron chi connectivity index (χ4n) is 2.30. The van der Waals surface area contributed by atoms with Crippen molar-refractivity contribution in [3.8, 4) is 0 Å². The highest BCUT2D eigenvalue weighted by molar-refractivity contribution is 5.53. The molecule has 1 fully saturated rings. The second-order valence-electron chi connectivity index (χ2n) is 4.74. The Morgan fingerprint density at radius 2 is 2.06 bits per heavy atom. The van der Waals surface area contributed by atoms with Crippen molar-refractivity contribution >= 4 is 5.69 Å². The fourth-order valence-corrected chi connectivity index (χ4v) is 2.30. The lowest BCUT2D eigenvalue weighted by Crippen LogP contribution is -2.17. The third kappa shape index (κ3) is 2.19. The molecule has 0 aliphatic carbocycles. The topological polar surface area (TPSA) is 48.1 Å². The van der Waals surface area contributed by atoms with Gasteiger partial charge in [-0.2, -0.15) is 0 Å². The monoisotopic (exact) mass is 220 g/mol. The van der Waals surface area contributed by atoms with Gasteiger partial charge < -0.3 is 10.5 Å². The van der Waals surface area contributed by atoms with Gasteiger partial charge in [-0.1, -0.05) is 13.8 Å². The van der Waals surface area contributed by atoms with E-state index in [1.807, 2.05) is 12.3 Å². The zero-order valence-corrected chi connectivity index (χ0v) is 10.1. The number of hydrogen-bond donors (Lipinski definition) is 1. The summed E-state index contributed by atoms with van der Waals surface area (Å²) in [4.78, 5) is 4.46. The van der Waals surface area contributed by atoms with Crippen LogP contribution in [0.4, 0.5) is 5.69 Å². The molecule has 2 heterocycles. The molecule has 1 saturated heterocycles. The van der Waals surface area contributed by atoms with Gasteiger partial charge in [0.2, 0.25) is 0 Å². The highest BCUT2D eigenvalue weighted by Gasteiger charge is 2.21. The molecule has 1 aromatic rings. The quantitative estimate of drug-likeness (QED) is 0.833. The minimum absolute atomic E-state index is 0.460. The van der Waals surface area contributed by atoms with Crippen LogP contribution in [0.25, 0.3) is 0 Å². The highest BCUT2D eigenvalue weighted by Crippen LogP contribution is 2.33. The van der Waals surface area contributed by atoms with Crippen molar-refractivity contribution < 1.29 is 4.74 Å². The molecule has 0 bridgehead atoms. The van der Waals surface area contributed by atoms with Gasteiger partial charge in [-0.05, 0) is 30.4 Å². The van der Waals surface area contributed by atoms with E-state index in [4.69, 9.17) is 10.5 Å². The van der Waals surface area contributed by atoms with E-state index in [1.54, 1.807) is 0 Å². The number of rotatable bonds is 2. The van der Waals surface area contributed by atoms with Crippen molar-refractivity contribution in [1.82, 2.24) is 4.98 Å². The minimum atomic E-state index is 0.460. The number of nitrogens with zero attached hydrogens (tertiary/aromatic N) is 1. The van der Waals surface area contributed by atoms with Crippen molar-refractivity contribution in [1.29, 1.82) is 0 Å². The molecule has 1 aliphatic heterocycles. The lowest BCUT2D eigenvalue weighted by Gasteiger charge is -2.24. The Bertz CT molecular complexity index is 357.